The molecule has 5 rings (SSSR count). The summed E-state index contributed by atoms with van der Waals surface area (Å²) < 4.78 is 1.81. The lowest BCUT2D eigenvalue weighted by molar-refractivity contribution is -0.138. The summed E-state index contributed by atoms with van der Waals surface area (Å²) in [5.74, 6) is -0.338. The molecular formula is C21H19N3O4S2. The fourth-order valence-corrected chi connectivity index (χ4v) is 6.04. The molecule has 2 fully saturated rings. The molecule has 7 nitrogen and oxygen atoms in total. The molecule has 3 amide bonds. The summed E-state index contributed by atoms with van der Waals surface area (Å²) >= 11 is 2.36. The number of hydrogen-bond acceptors (Lipinski definition) is 6. The number of likely N-dealkylation sites (tertiary alicyclic amines) is 1. The fourth-order valence-electron chi connectivity index (χ4n) is 4.47. The van der Waals surface area contributed by atoms with E-state index in [0.717, 1.165) is 33.7 Å². The van der Waals surface area contributed by atoms with Crippen molar-refractivity contribution in [2.75, 3.05) is 19.6 Å². The van der Waals surface area contributed by atoms with Crippen LogP contribution in [-0.4, -0.2) is 51.1 Å². The number of amides is 3. The molecule has 2 bridgehead atoms. The Kier molecular flexibility index (Phi) is 4.86. The monoisotopic (exact) mass is 441 g/mol. The fraction of sp³-hybridized carbons (Fsp3) is 0.333. The van der Waals surface area contributed by atoms with Crippen molar-refractivity contribution in [1.82, 2.24) is 14.4 Å². The van der Waals surface area contributed by atoms with Gasteiger partial charge in [0, 0.05) is 42.2 Å². The Morgan fingerprint density at radius 2 is 1.97 bits per heavy atom. The van der Waals surface area contributed by atoms with Crippen molar-refractivity contribution in [3.63, 3.8) is 0 Å². The minimum atomic E-state index is -0.416. The second kappa shape index (κ2) is 7.55. The number of piperidine rings is 1. The van der Waals surface area contributed by atoms with Crippen LogP contribution in [0.1, 0.15) is 22.9 Å². The van der Waals surface area contributed by atoms with E-state index in [0.29, 0.717) is 24.5 Å². The van der Waals surface area contributed by atoms with Gasteiger partial charge in [0.2, 0.25) is 5.91 Å². The normalized spacial score (nSPS) is 24.5. The first-order chi connectivity index (χ1) is 14.5. The Balaban J connectivity index is 1.30. The van der Waals surface area contributed by atoms with Crippen LogP contribution in [0.15, 0.2) is 45.4 Å². The molecule has 30 heavy (non-hydrogen) atoms. The van der Waals surface area contributed by atoms with Gasteiger partial charge < -0.3 is 9.47 Å². The minimum Gasteiger partial charge on any atom is -0.340 e. The van der Waals surface area contributed by atoms with E-state index in [4.69, 9.17) is 0 Å². The van der Waals surface area contributed by atoms with Crippen LogP contribution in [0.25, 0.3) is 6.08 Å². The molecule has 5 heterocycles. The van der Waals surface area contributed by atoms with Gasteiger partial charge in [0.15, 0.2) is 0 Å². The summed E-state index contributed by atoms with van der Waals surface area (Å²) in [5.41, 5.74) is 0.957. The molecule has 2 saturated heterocycles. The maximum absolute atomic E-state index is 13.0. The molecule has 0 aromatic carbocycles. The number of carbonyl (C=O) groups is 3. The first-order valence-corrected chi connectivity index (χ1v) is 11.5. The molecule has 0 unspecified atom stereocenters. The molecule has 0 saturated carbocycles. The van der Waals surface area contributed by atoms with Crippen molar-refractivity contribution in [2.45, 2.75) is 18.9 Å². The number of aromatic nitrogens is 1. The zero-order chi connectivity index (χ0) is 20.8. The first-order valence-electron chi connectivity index (χ1n) is 9.76. The van der Waals surface area contributed by atoms with Crippen LogP contribution in [0.2, 0.25) is 0 Å². The number of fused-ring (bicyclic) bond motifs is 4. The van der Waals surface area contributed by atoms with Crippen LogP contribution in [-0.2, 0) is 16.1 Å². The smallest absolute Gasteiger partial charge is 0.294 e. The van der Waals surface area contributed by atoms with E-state index in [9.17, 15) is 19.2 Å². The number of carbonyl (C=O) groups excluding carboxylic acids is 3. The van der Waals surface area contributed by atoms with E-state index in [1.165, 1.54) is 11.3 Å². The quantitative estimate of drug-likeness (QED) is 0.684. The summed E-state index contributed by atoms with van der Waals surface area (Å²) in [7, 11) is 0. The zero-order valence-corrected chi connectivity index (χ0v) is 17.7. The van der Waals surface area contributed by atoms with Gasteiger partial charge in [0.1, 0.15) is 6.54 Å². The summed E-state index contributed by atoms with van der Waals surface area (Å²) in [6.07, 6.45) is 2.64. The molecule has 154 valence electrons. The average molecular weight is 442 g/mol. The maximum atomic E-state index is 13.0. The van der Waals surface area contributed by atoms with Crippen molar-refractivity contribution in [2.24, 2.45) is 5.92 Å². The molecule has 9 heteroatoms. The van der Waals surface area contributed by atoms with Gasteiger partial charge in [-0.2, -0.15) is 0 Å². The second-order valence-electron chi connectivity index (χ2n) is 7.78. The van der Waals surface area contributed by atoms with Crippen molar-refractivity contribution in [3.8, 4) is 0 Å². The number of pyridine rings is 1. The van der Waals surface area contributed by atoms with Gasteiger partial charge >= 0.3 is 0 Å². The number of hydrogen-bond donors (Lipinski definition) is 0. The summed E-state index contributed by atoms with van der Waals surface area (Å²) in [6.45, 7) is 1.39. The van der Waals surface area contributed by atoms with Crippen LogP contribution >= 0.6 is 23.1 Å². The van der Waals surface area contributed by atoms with E-state index in [1.807, 2.05) is 28.1 Å². The molecule has 0 N–H and O–H groups in total. The van der Waals surface area contributed by atoms with Crippen molar-refractivity contribution in [3.05, 3.63) is 61.5 Å². The highest BCUT2D eigenvalue weighted by atomic mass is 32.2. The highest BCUT2D eigenvalue weighted by molar-refractivity contribution is 8.18. The topological polar surface area (TPSA) is 79.7 Å². The van der Waals surface area contributed by atoms with E-state index in [2.05, 4.69) is 0 Å². The third-order valence-corrected chi connectivity index (χ3v) is 7.54. The molecule has 2 aromatic heterocycles. The van der Waals surface area contributed by atoms with Crippen molar-refractivity contribution in [1.29, 1.82) is 0 Å². The van der Waals surface area contributed by atoms with Gasteiger partial charge in [-0.1, -0.05) is 12.1 Å². The number of thioether (sulfide) groups is 1. The van der Waals surface area contributed by atoms with Gasteiger partial charge in [-0.3, -0.25) is 24.1 Å². The predicted molar refractivity (Wildman–Crippen MR) is 115 cm³/mol. The standard InChI is InChI=1S/C21H19N3O4S2/c25-18-5-1-4-16-14-7-13(10-23(16)18)9-22(11-14)19(26)12-24-20(27)17(30-21(24)28)8-15-3-2-6-29-15/h1-6,8,13-14H,7,9-12H2/b17-8-/t13-,14+/m0/s1. The molecular weight excluding hydrogens is 422 g/mol. The van der Waals surface area contributed by atoms with Crippen LogP contribution in [0.4, 0.5) is 4.79 Å². The van der Waals surface area contributed by atoms with Gasteiger partial charge in [-0.25, -0.2) is 0 Å². The van der Waals surface area contributed by atoms with Crippen LogP contribution in [0.3, 0.4) is 0 Å². The molecule has 2 aromatic rings. The molecule has 0 radical (unpaired) electrons. The lowest BCUT2D eigenvalue weighted by Gasteiger charge is -2.43. The predicted octanol–water partition coefficient (Wildman–Crippen LogP) is 2.59. The third-order valence-electron chi connectivity index (χ3n) is 5.82. The lowest BCUT2D eigenvalue weighted by Crippen LogP contribution is -2.51. The maximum Gasteiger partial charge on any atom is 0.294 e. The average Bonchev–Trinajstić information content (AvgIpc) is 3.33. The Morgan fingerprint density at radius 3 is 2.77 bits per heavy atom. The van der Waals surface area contributed by atoms with Crippen molar-refractivity contribution < 1.29 is 14.4 Å². The lowest BCUT2D eigenvalue weighted by atomic mass is 9.83. The number of rotatable bonds is 3. The summed E-state index contributed by atoms with van der Waals surface area (Å²) in [5, 5.41) is 1.49. The van der Waals surface area contributed by atoms with Gasteiger partial charge in [-0.15, -0.1) is 11.3 Å². The number of nitrogens with zero attached hydrogens (tertiary/aromatic N) is 3. The molecule has 3 aliphatic heterocycles. The molecule has 0 aliphatic carbocycles. The van der Waals surface area contributed by atoms with Crippen LogP contribution < -0.4 is 5.56 Å². The van der Waals surface area contributed by atoms with E-state index >= 15 is 0 Å². The van der Waals surface area contributed by atoms with E-state index < -0.39 is 11.1 Å². The Hall–Kier alpha value is -2.65. The molecule has 0 spiro atoms. The highest BCUT2D eigenvalue weighted by Crippen LogP contribution is 2.36. The number of imide groups is 1. The van der Waals surface area contributed by atoms with E-state index in [1.54, 1.807) is 23.1 Å². The SMILES string of the molecule is O=C(CN1C(=O)S/C(=C\c2cccs2)C1=O)N1C[C@@H]2C[C@H](C1)c1cccc(=O)n1C2. The van der Waals surface area contributed by atoms with E-state index in [-0.39, 0.29) is 29.8 Å². The summed E-state index contributed by atoms with van der Waals surface area (Å²) in [6, 6.07) is 9.03. The Labute approximate surface area is 181 Å². The van der Waals surface area contributed by atoms with Crippen molar-refractivity contribution >= 4 is 46.2 Å². The second-order valence-corrected chi connectivity index (χ2v) is 9.75. The van der Waals surface area contributed by atoms with Crippen LogP contribution in [0.5, 0.6) is 0 Å². The van der Waals surface area contributed by atoms with Crippen LogP contribution in [0, 0.1) is 5.92 Å². The Bertz CT molecular complexity index is 1120. The van der Waals surface area contributed by atoms with Gasteiger partial charge in [-0.05, 0) is 47.7 Å². The summed E-state index contributed by atoms with van der Waals surface area (Å²) in [4.78, 5) is 54.2. The van der Waals surface area contributed by atoms with Gasteiger partial charge in [0.25, 0.3) is 16.7 Å². The minimum absolute atomic E-state index is 0.00248. The Morgan fingerprint density at radius 1 is 1.10 bits per heavy atom. The van der Waals surface area contributed by atoms with Gasteiger partial charge in [0.05, 0.1) is 4.91 Å². The first kappa shape index (κ1) is 19.3. The molecule has 3 aliphatic rings. The third kappa shape index (κ3) is 3.41. The molecule has 2 atom stereocenters. The zero-order valence-electron chi connectivity index (χ0n) is 16.0. The largest absolute Gasteiger partial charge is 0.340 e. The highest BCUT2D eigenvalue weighted by Gasteiger charge is 2.40. The number of thiophene rings is 1.